The van der Waals surface area contributed by atoms with Crippen LogP contribution in [0.5, 0.6) is 0 Å². The topological polar surface area (TPSA) is 12.0 Å². The molecule has 0 bridgehead atoms. The van der Waals surface area contributed by atoms with E-state index in [1.165, 1.54) is 10.9 Å². The number of thiophene rings is 1. The summed E-state index contributed by atoms with van der Waals surface area (Å²) < 4.78 is 14.0. The Morgan fingerprint density at radius 1 is 1.16 bits per heavy atom. The number of rotatable bonds is 4. The molecule has 1 aromatic heterocycles. The van der Waals surface area contributed by atoms with E-state index in [9.17, 15) is 4.39 Å². The van der Waals surface area contributed by atoms with Crippen LogP contribution in [-0.4, -0.2) is 7.05 Å². The van der Waals surface area contributed by atoms with Crippen molar-refractivity contribution in [3.05, 3.63) is 46.6 Å². The molecule has 0 aliphatic carbocycles. The summed E-state index contributed by atoms with van der Waals surface area (Å²) in [6, 6.07) is 9.69. The Labute approximate surface area is 118 Å². The first-order chi connectivity index (χ1) is 9.04. The van der Waals surface area contributed by atoms with Crippen LogP contribution in [0.1, 0.15) is 30.3 Å². The summed E-state index contributed by atoms with van der Waals surface area (Å²) >= 11 is 1.67. The van der Waals surface area contributed by atoms with Crippen molar-refractivity contribution in [3.8, 4) is 10.4 Å². The van der Waals surface area contributed by atoms with E-state index in [0.717, 1.165) is 16.0 Å². The van der Waals surface area contributed by atoms with Crippen LogP contribution in [-0.2, 0) is 0 Å². The van der Waals surface area contributed by atoms with Gasteiger partial charge >= 0.3 is 0 Å². The van der Waals surface area contributed by atoms with Gasteiger partial charge in [-0.05, 0) is 43.7 Å². The van der Waals surface area contributed by atoms with E-state index >= 15 is 0 Å². The Bertz CT molecular complexity index is 539. The Balaban J connectivity index is 2.41. The van der Waals surface area contributed by atoms with Gasteiger partial charge in [-0.2, -0.15) is 0 Å². The molecule has 1 heterocycles. The van der Waals surface area contributed by atoms with Crippen molar-refractivity contribution >= 4 is 11.3 Å². The minimum atomic E-state index is -0.140. The molecule has 2 rings (SSSR count). The number of nitrogens with one attached hydrogen (secondary N) is 1. The monoisotopic (exact) mass is 277 g/mol. The van der Waals surface area contributed by atoms with Gasteiger partial charge in [0.25, 0.3) is 0 Å². The molecule has 1 N–H and O–H groups in total. The number of hydrogen-bond acceptors (Lipinski definition) is 2. The van der Waals surface area contributed by atoms with E-state index < -0.39 is 0 Å². The first kappa shape index (κ1) is 14.2. The van der Waals surface area contributed by atoms with Gasteiger partial charge < -0.3 is 5.32 Å². The number of halogens is 1. The van der Waals surface area contributed by atoms with Crippen molar-refractivity contribution in [2.75, 3.05) is 7.05 Å². The maximum atomic E-state index is 14.0. The van der Waals surface area contributed by atoms with Crippen molar-refractivity contribution in [2.45, 2.75) is 26.8 Å². The zero-order valence-corrected chi connectivity index (χ0v) is 12.6. The molecule has 0 amide bonds. The lowest BCUT2D eigenvalue weighted by Crippen LogP contribution is -2.20. The molecular formula is C16H20FNS. The molecule has 0 aliphatic heterocycles. The highest BCUT2D eigenvalue weighted by Crippen LogP contribution is 2.36. The zero-order valence-electron chi connectivity index (χ0n) is 11.8. The van der Waals surface area contributed by atoms with Gasteiger partial charge in [0.15, 0.2) is 0 Å². The molecule has 1 unspecified atom stereocenters. The van der Waals surface area contributed by atoms with E-state index in [1.54, 1.807) is 17.4 Å². The summed E-state index contributed by atoms with van der Waals surface area (Å²) in [5.74, 6) is 0.372. The van der Waals surface area contributed by atoms with Crippen LogP contribution < -0.4 is 5.32 Å². The predicted molar refractivity (Wildman–Crippen MR) is 81.1 cm³/mol. The Morgan fingerprint density at radius 2 is 1.89 bits per heavy atom. The van der Waals surface area contributed by atoms with Gasteiger partial charge in [-0.15, -0.1) is 11.3 Å². The van der Waals surface area contributed by atoms with Crippen molar-refractivity contribution in [1.29, 1.82) is 0 Å². The average molecular weight is 277 g/mol. The second kappa shape index (κ2) is 5.85. The Kier molecular flexibility index (Phi) is 4.38. The fraction of sp³-hybridized carbons (Fsp3) is 0.375. The standard InChI is InChI=1S/C16H20FNS/c1-10(2)16(18-4)14-9-8-13(19-14)15-11(3)6-5-7-12(15)17/h5-10,16,18H,1-4H3. The predicted octanol–water partition coefficient (Wildman–Crippen LogP) is 4.78. The molecule has 3 heteroatoms. The fourth-order valence-electron chi connectivity index (χ4n) is 2.40. The Hall–Kier alpha value is -1.19. The van der Waals surface area contributed by atoms with Gasteiger partial charge in [0.05, 0.1) is 0 Å². The van der Waals surface area contributed by atoms with Gasteiger partial charge in [-0.25, -0.2) is 4.39 Å². The van der Waals surface area contributed by atoms with Crippen molar-refractivity contribution in [3.63, 3.8) is 0 Å². The van der Waals surface area contributed by atoms with Crippen LogP contribution >= 0.6 is 11.3 Å². The summed E-state index contributed by atoms with van der Waals surface area (Å²) in [6.45, 7) is 6.33. The molecule has 2 aromatic rings. The van der Waals surface area contributed by atoms with E-state index in [-0.39, 0.29) is 5.82 Å². The fourth-order valence-corrected chi connectivity index (χ4v) is 3.81. The van der Waals surface area contributed by atoms with Crippen molar-refractivity contribution < 1.29 is 4.39 Å². The third kappa shape index (κ3) is 2.88. The number of benzene rings is 1. The minimum Gasteiger partial charge on any atom is -0.312 e. The summed E-state index contributed by atoms with van der Waals surface area (Å²) in [6.07, 6.45) is 0. The quantitative estimate of drug-likeness (QED) is 0.848. The molecule has 0 saturated heterocycles. The van der Waals surface area contributed by atoms with E-state index in [0.29, 0.717) is 12.0 Å². The molecular weight excluding hydrogens is 257 g/mol. The number of aryl methyl sites for hydroxylation is 1. The van der Waals surface area contributed by atoms with E-state index in [1.807, 2.05) is 26.1 Å². The second-order valence-corrected chi connectivity index (χ2v) is 6.26. The average Bonchev–Trinajstić information content (AvgIpc) is 2.78. The smallest absolute Gasteiger partial charge is 0.132 e. The van der Waals surface area contributed by atoms with Crippen LogP contribution in [0.15, 0.2) is 30.3 Å². The van der Waals surface area contributed by atoms with Crippen molar-refractivity contribution in [2.24, 2.45) is 5.92 Å². The van der Waals surface area contributed by atoms with Gasteiger partial charge in [-0.3, -0.25) is 0 Å². The lowest BCUT2D eigenvalue weighted by atomic mass is 10.0. The van der Waals surface area contributed by atoms with Gasteiger partial charge in [0.1, 0.15) is 5.82 Å². The summed E-state index contributed by atoms with van der Waals surface area (Å²) in [4.78, 5) is 2.27. The van der Waals surface area contributed by atoms with Gasteiger partial charge in [0.2, 0.25) is 0 Å². The molecule has 0 saturated carbocycles. The largest absolute Gasteiger partial charge is 0.312 e. The summed E-state index contributed by atoms with van der Waals surface area (Å²) in [5.41, 5.74) is 1.72. The molecule has 0 spiro atoms. The first-order valence-corrected chi connectivity index (χ1v) is 7.38. The van der Waals surface area contributed by atoms with E-state index in [4.69, 9.17) is 0 Å². The first-order valence-electron chi connectivity index (χ1n) is 6.57. The maximum Gasteiger partial charge on any atom is 0.132 e. The third-order valence-corrected chi connectivity index (χ3v) is 4.57. The molecule has 0 aliphatic rings. The highest BCUT2D eigenvalue weighted by atomic mass is 32.1. The molecule has 19 heavy (non-hydrogen) atoms. The van der Waals surface area contributed by atoms with Crippen LogP contribution in [0.2, 0.25) is 0 Å². The van der Waals surface area contributed by atoms with Crippen LogP contribution in [0.3, 0.4) is 0 Å². The van der Waals surface area contributed by atoms with Crippen LogP contribution in [0.4, 0.5) is 4.39 Å². The molecule has 0 fully saturated rings. The second-order valence-electron chi connectivity index (χ2n) is 5.14. The molecule has 1 aromatic carbocycles. The number of hydrogen-bond donors (Lipinski definition) is 1. The molecule has 1 atom stereocenters. The highest BCUT2D eigenvalue weighted by molar-refractivity contribution is 7.15. The lowest BCUT2D eigenvalue weighted by Gasteiger charge is -2.18. The molecule has 1 nitrogen and oxygen atoms in total. The van der Waals surface area contributed by atoms with Crippen molar-refractivity contribution in [1.82, 2.24) is 5.32 Å². The maximum absolute atomic E-state index is 14.0. The zero-order chi connectivity index (χ0) is 14.0. The highest BCUT2D eigenvalue weighted by Gasteiger charge is 2.17. The van der Waals surface area contributed by atoms with Gasteiger partial charge in [0, 0.05) is 21.4 Å². The summed E-state index contributed by atoms with van der Waals surface area (Å²) in [5, 5.41) is 3.33. The molecule has 102 valence electrons. The van der Waals surface area contributed by atoms with Crippen LogP contribution in [0, 0.1) is 18.7 Å². The third-order valence-electron chi connectivity index (χ3n) is 3.38. The minimum absolute atomic E-state index is 0.140. The molecule has 0 radical (unpaired) electrons. The summed E-state index contributed by atoms with van der Waals surface area (Å²) in [7, 11) is 1.97. The van der Waals surface area contributed by atoms with Crippen LogP contribution in [0.25, 0.3) is 10.4 Å². The normalized spacial score (nSPS) is 12.9. The van der Waals surface area contributed by atoms with E-state index in [2.05, 4.69) is 25.2 Å². The SMILES string of the molecule is CNC(c1ccc(-c2c(C)cccc2F)s1)C(C)C. The lowest BCUT2D eigenvalue weighted by molar-refractivity contribution is 0.449. The Morgan fingerprint density at radius 3 is 2.47 bits per heavy atom. The van der Waals surface area contributed by atoms with Gasteiger partial charge in [-0.1, -0.05) is 26.0 Å².